The average Bonchev–Trinajstić information content (AvgIpc) is 3.08. The number of ether oxygens (including phenoxy) is 1. The van der Waals surface area contributed by atoms with Crippen LogP contribution in [0, 0.1) is 0 Å². The molecule has 0 aliphatic rings. The smallest absolute Gasteiger partial charge is 0.161 e. The zero-order valence-corrected chi connectivity index (χ0v) is 13.9. The molecule has 0 radical (unpaired) electrons. The van der Waals surface area contributed by atoms with Crippen molar-refractivity contribution < 1.29 is 4.74 Å². The number of aryl methyl sites for hydroxylation is 2. The van der Waals surface area contributed by atoms with Crippen LogP contribution in [0.3, 0.4) is 0 Å². The summed E-state index contributed by atoms with van der Waals surface area (Å²) in [5.41, 5.74) is 2.09. The van der Waals surface area contributed by atoms with Gasteiger partial charge in [-0.05, 0) is 30.9 Å². The van der Waals surface area contributed by atoms with Crippen LogP contribution in [-0.2, 0) is 13.5 Å². The number of hydrogen-bond donors (Lipinski definition) is 1. The zero-order valence-electron chi connectivity index (χ0n) is 13.1. The standard InChI is InChI=1S/C14H23N5OS/c1-5-7-10-14(21-18-17-10)12(15-8-6-2)13-11(20-4)9-16-19(13)3/h9,12,15H,5-8H2,1-4H3. The zero-order chi connectivity index (χ0) is 15.2. The maximum absolute atomic E-state index is 5.47. The Balaban J connectivity index is 2.42. The summed E-state index contributed by atoms with van der Waals surface area (Å²) >= 11 is 1.45. The largest absolute Gasteiger partial charge is 0.493 e. The Labute approximate surface area is 129 Å². The first kappa shape index (κ1) is 15.9. The molecule has 1 atom stereocenters. The van der Waals surface area contributed by atoms with E-state index >= 15 is 0 Å². The van der Waals surface area contributed by atoms with E-state index in [1.165, 1.54) is 11.5 Å². The van der Waals surface area contributed by atoms with E-state index in [9.17, 15) is 0 Å². The number of rotatable bonds is 8. The summed E-state index contributed by atoms with van der Waals surface area (Å²) in [4.78, 5) is 1.16. The van der Waals surface area contributed by atoms with Gasteiger partial charge in [0.05, 0.1) is 29.9 Å². The molecule has 21 heavy (non-hydrogen) atoms. The summed E-state index contributed by atoms with van der Waals surface area (Å²) in [5.74, 6) is 0.793. The van der Waals surface area contributed by atoms with Crippen molar-refractivity contribution in [3.8, 4) is 5.75 Å². The molecule has 1 unspecified atom stereocenters. The quantitative estimate of drug-likeness (QED) is 0.810. The Morgan fingerprint density at radius 3 is 2.86 bits per heavy atom. The predicted molar refractivity (Wildman–Crippen MR) is 83.8 cm³/mol. The van der Waals surface area contributed by atoms with E-state index in [0.29, 0.717) is 0 Å². The first-order valence-electron chi connectivity index (χ1n) is 7.33. The van der Waals surface area contributed by atoms with E-state index in [1.54, 1.807) is 13.3 Å². The number of aromatic nitrogens is 4. The summed E-state index contributed by atoms with van der Waals surface area (Å²) in [6, 6.07) is 0.0222. The Hall–Kier alpha value is -1.47. The lowest BCUT2D eigenvalue weighted by Crippen LogP contribution is -2.26. The Morgan fingerprint density at radius 1 is 1.38 bits per heavy atom. The van der Waals surface area contributed by atoms with Crippen LogP contribution in [0.2, 0.25) is 0 Å². The third kappa shape index (κ3) is 3.41. The summed E-state index contributed by atoms with van der Waals surface area (Å²) < 4.78 is 11.5. The molecule has 0 spiro atoms. The second-order valence-corrected chi connectivity index (χ2v) is 5.73. The molecule has 2 heterocycles. The molecule has 0 bridgehead atoms. The van der Waals surface area contributed by atoms with Gasteiger partial charge < -0.3 is 10.1 Å². The SMILES string of the molecule is CCCNC(c1snnc1CCC)c1c(OC)cnn1C. The molecule has 1 N–H and O–H groups in total. The van der Waals surface area contributed by atoms with Crippen molar-refractivity contribution in [3.05, 3.63) is 22.5 Å². The molecule has 116 valence electrons. The molecule has 0 aromatic carbocycles. The highest BCUT2D eigenvalue weighted by atomic mass is 32.1. The van der Waals surface area contributed by atoms with Crippen LogP contribution in [0.25, 0.3) is 0 Å². The van der Waals surface area contributed by atoms with Crippen molar-refractivity contribution in [1.29, 1.82) is 0 Å². The molecule has 0 aliphatic carbocycles. The normalized spacial score (nSPS) is 12.6. The van der Waals surface area contributed by atoms with E-state index in [-0.39, 0.29) is 6.04 Å². The Kier molecular flexibility index (Phi) is 5.69. The highest BCUT2D eigenvalue weighted by Crippen LogP contribution is 2.33. The van der Waals surface area contributed by atoms with Gasteiger partial charge in [0, 0.05) is 7.05 Å². The third-order valence-corrected chi connectivity index (χ3v) is 4.21. The molecular formula is C14H23N5OS. The van der Waals surface area contributed by atoms with Crippen molar-refractivity contribution in [3.63, 3.8) is 0 Å². The number of nitrogens with zero attached hydrogens (tertiary/aromatic N) is 4. The fourth-order valence-electron chi connectivity index (χ4n) is 2.36. The van der Waals surface area contributed by atoms with Crippen LogP contribution >= 0.6 is 11.5 Å². The van der Waals surface area contributed by atoms with Gasteiger partial charge in [0.1, 0.15) is 5.69 Å². The van der Waals surface area contributed by atoms with Crippen LogP contribution in [-0.4, -0.2) is 33.0 Å². The van der Waals surface area contributed by atoms with Crippen molar-refractivity contribution in [2.24, 2.45) is 7.05 Å². The van der Waals surface area contributed by atoms with E-state index in [1.807, 2.05) is 11.7 Å². The van der Waals surface area contributed by atoms with Gasteiger partial charge in [-0.2, -0.15) is 5.10 Å². The van der Waals surface area contributed by atoms with Crippen LogP contribution < -0.4 is 10.1 Å². The number of hydrogen-bond acceptors (Lipinski definition) is 6. The molecular weight excluding hydrogens is 286 g/mol. The van der Waals surface area contributed by atoms with E-state index in [2.05, 4.69) is 33.8 Å². The van der Waals surface area contributed by atoms with E-state index < -0.39 is 0 Å². The Bertz CT molecular complexity index is 565. The minimum Gasteiger partial charge on any atom is -0.493 e. The second-order valence-electron chi connectivity index (χ2n) is 4.94. The van der Waals surface area contributed by atoms with Crippen molar-refractivity contribution in [1.82, 2.24) is 24.7 Å². The summed E-state index contributed by atoms with van der Waals surface area (Å²) in [5, 5.41) is 12.2. The molecule has 0 fully saturated rings. The van der Waals surface area contributed by atoms with Gasteiger partial charge in [-0.3, -0.25) is 4.68 Å². The summed E-state index contributed by atoms with van der Waals surface area (Å²) in [7, 11) is 3.61. The molecule has 0 saturated carbocycles. The first-order chi connectivity index (χ1) is 10.2. The second kappa shape index (κ2) is 7.51. The molecule has 2 aromatic rings. The molecule has 6 nitrogen and oxygen atoms in total. The fraction of sp³-hybridized carbons (Fsp3) is 0.643. The maximum Gasteiger partial charge on any atom is 0.161 e. The third-order valence-electron chi connectivity index (χ3n) is 3.38. The van der Waals surface area contributed by atoms with Gasteiger partial charge in [0.2, 0.25) is 0 Å². The fourth-order valence-corrected chi connectivity index (χ4v) is 3.14. The average molecular weight is 309 g/mol. The maximum atomic E-state index is 5.47. The molecule has 2 rings (SSSR count). The van der Waals surface area contributed by atoms with Gasteiger partial charge in [-0.25, -0.2) is 0 Å². The minimum absolute atomic E-state index is 0.0222. The predicted octanol–water partition coefficient (Wildman–Crippen LogP) is 2.32. The molecule has 2 aromatic heterocycles. The number of methoxy groups -OCH3 is 1. The van der Waals surface area contributed by atoms with Crippen LogP contribution in [0.1, 0.15) is 49.0 Å². The lowest BCUT2D eigenvalue weighted by atomic mass is 10.1. The molecule has 0 saturated heterocycles. The molecule has 7 heteroatoms. The van der Waals surface area contributed by atoms with Crippen molar-refractivity contribution in [2.75, 3.05) is 13.7 Å². The Morgan fingerprint density at radius 2 is 2.19 bits per heavy atom. The van der Waals surface area contributed by atoms with Gasteiger partial charge in [0.25, 0.3) is 0 Å². The van der Waals surface area contributed by atoms with Crippen molar-refractivity contribution >= 4 is 11.5 Å². The lowest BCUT2D eigenvalue weighted by molar-refractivity contribution is 0.401. The van der Waals surface area contributed by atoms with Gasteiger partial charge in [-0.1, -0.05) is 24.8 Å². The molecule has 0 amide bonds. The summed E-state index contributed by atoms with van der Waals surface area (Å²) in [6.45, 7) is 5.23. The topological polar surface area (TPSA) is 64.9 Å². The van der Waals surface area contributed by atoms with Gasteiger partial charge in [-0.15, -0.1) is 5.10 Å². The number of nitrogens with one attached hydrogen (secondary N) is 1. The minimum atomic E-state index is 0.0222. The summed E-state index contributed by atoms with van der Waals surface area (Å²) in [6.07, 6.45) is 4.81. The van der Waals surface area contributed by atoms with Gasteiger partial charge in [0.15, 0.2) is 5.75 Å². The van der Waals surface area contributed by atoms with E-state index in [0.717, 1.165) is 47.8 Å². The monoisotopic (exact) mass is 309 g/mol. The van der Waals surface area contributed by atoms with Crippen LogP contribution in [0.15, 0.2) is 6.20 Å². The van der Waals surface area contributed by atoms with Crippen LogP contribution in [0.4, 0.5) is 0 Å². The van der Waals surface area contributed by atoms with Crippen molar-refractivity contribution in [2.45, 2.75) is 39.2 Å². The highest BCUT2D eigenvalue weighted by molar-refractivity contribution is 7.05. The van der Waals surface area contributed by atoms with Crippen LogP contribution in [0.5, 0.6) is 5.75 Å². The van der Waals surface area contributed by atoms with Gasteiger partial charge >= 0.3 is 0 Å². The highest BCUT2D eigenvalue weighted by Gasteiger charge is 2.26. The molecule has 0 aliphatic heterocycles. The van der Waals surface area contributed by atoms with E-state index in [4.69, 9.17) is 4.74 Å². The lowest BCUT2D eigenvalue weighted by Gasteiger charge is -2.19. The first-order valence-corrected chi connectivity index (χ1v) is 8.10.